The van der Waals surface area contributed by atoms with Crippen LogP contribution in [0.4, 0.5) is 16.2 Å². The van der Waals surface area contributed by atoms with E-state index in [0.29, 0.717) is 27.7 Å². The van der Waals surface area contributed by atoms with Crippen LogP contribution in [-0.2, 0) is 10.5 Å². The standard InChI is InChI=1S/C21H22N4O4S/c1-13-18(14(2)29-24-13)12-30-20-17(6-5-11-22-20)19(26)23-15-7-9-16(10-8-15)25(3)21(27)28-4/h5-11H,12H2,1-4H3,(H,23,26). The number of rotatable bonds is 6. The highest BCUT2D eigenvalue weighted by Gasteiger charge is 2.16. The van der Waals surface area contributed by atoms with Gasteiger partial charge >= 0.3 is 6.09 Å². The summed E-state index contributed by atoms with van der Waals surface area (Å²) in [4.78, 5) is 30.2. The van der Waals surface area contributed by atoms with E-state index in [1.807, 2.05) is 13.8 Å². The second kappa shape index (κ2) is 9.45. The van der Waals surface area contributed by atoms with Gasteiger partial charge in [-0.05, 0) is 50.2 Å². The summed E-state index contributed by atoms with van der Waals surface area (Å²) in [6.45, 7) is 3.75. The molecular weight excluding hydrogens is 404 g/mol. The third-order valence-corrected chi connectivity index (χ3v) is 5.54. The first kappa shape index (κ1) is 21.4. The average molecular weight is 426 g/mol. The molecule has 2 aromatic heterocycles. The van der Waals surface area contributed by atoms with Gasteiger partial charge in [-0.25, -0.2) is 9.78 Å². The summed E-state index contributed by atoms with van der Waals surface area (Å²) in [5, 5.41) is 7.45. The van der Waals surface area contributed by atoms with Crippen LogP contribution in [0.15, 0.2) is 52.1 Å². The van der Waals surface area contributed by atoms with Crippen molar-refractivity contribution in [3.05, 3.63) is 65.2 Å². The number of ether oxygens (including phenoxy) is 1. The smallest absolute Gasteiger partial charge is 0.413 e. The van der Waals surface area contributed by atoms with Crippen molar-refractivity contribution in [2.45, 2.75) is 24.6 Å². The number of aryl methyl sites for hydroxylation is 2. The number of aromatic nitrogens is 2. The normalized spacial score (nSPS) is 10.5. The Morgan fingerprint density at radius 2 is 1.93 bits per heavy atom. The van der Waals surface area contributed by atoms with Crippen molar-refractivity contribution in [2.75, 3.05) is 24.4 Å². The first-order valence-electron chi connectivity index (χ1n) is 9.13. The zero-order chi connectivity index (χ0) is 21.7. The lowest BCUT2D eigenvalue weighted by Crippen LogP contribution is -2.25. The van der Waals surface area contributed by atoms with E-state index >= 15 is 0 Å². The van der Waals surface area contributed by atoms with Crippen molar-refractivity contribution >= 4 is 35.1 Å². The highest BCUT2D eigenvalue weighted by molar-refractivity contribution is 7.98. The molecule has 0 saturated carbocycles. The van der Waals surface area contributed by atoms with Crippen molar-refractivity contribution in [2.24, 2.45) is 0 Å². The number of carbonyl (C=O) groups excluding carboxylic acids is 2. The van der Waals surface area contributed by atoms with Crippen molar-refractivity contribution in [3.8, 4) is 0 Å². The van der Waals surface area contributed by atoms with E-state index in [-0.39, 0.29) is 5.91 Å². The van der Waals surface area contributed by atoms with Gasteiger partial charge in [0.2, 0.25) is 0 Å². The van der Waals surface area contributed by atoms with E-state index in [1.165, 1.54) is 23.8 Å². The Morgan fingerprint density at radius 1 is 1.20 bits per heavy atom. The zero-order valence-electron chi connectivity index (χ0n) is 17.1. The SMILES string of the molecule is COC(=O)N(C)c1ccc(NC(=O)c2cccnc2SCc2c(C)noc2C)cc1. The predicted octanol–water partition coefficient (Wildman–Crippen LogP) is 4.43. The van der Waals surface area contributed by atoms with E-state index in [1.54, 1.807) is 49.6 Å². The molecule has 1 aromatic carbocycles. The number of anilines is 2. The Kier molecular flexibility index (Phi) is 6.73. The molecule has 0 spiro atoms. The molecule has 8 nitrogen and oxygen atoms in total. The highest BCUT2D eigenvalue weighted by atomic mass is 32.2. The number of carbonyl (C=O) groups is 2. The first-order chi connectivity index (χ1) is 14.4. The molecule has 0 fully saturated rings. The molecule has 3 rings (SSSR count). The minimum atomic E-state index is -0.470. The minimum absolute atomic E-state index is 0.265. The molecule has 0 aliphatic rings. The molecular formula is C21H22N4O4S. The van der Waals surface area contributed by atoms with Crippen LogP contribution in [0, 0.1) is 13.8 Å². The summed E-state index contributed by atoms with van der Waals surface area (Å²) in [7, 11) is 2.93. The Labute approximate surface area is 178 Å². The maximum Gasteiger partial charge on any atom is 0.413 e. The number of pyridine rings is 1. The largest absolute Gasteiger partial charge is 0.452 e. The summed E-state index contributed by atoms with van der Waals surface area (Å²) in [5.74, 6) is 1.10. The summed E-state index contributed by atoms with van der Waals surface area (Å²) < 4.78 is 9.89. The summed E-state index contributed by atoms with van der Waals surface area (Å²) in [5.41, 5.74) is 3.57. The second-order valence-corrected chi connectivity index (χ2v) is 7.44. The van der Waals surface area contributed by atoms with Gasteiger partial charge in [-0.2, -0.15) is 0 Å². The van der Waals surface area contributed by atoms with Crippen LogP contribution < -0.4 is 10.2 Å². The van der Waals surface area contributed by atoms with Gasteiger partial charge in [-0.3, -0.25) is 9.69 Å². The molecule has 0 atom stereocenters. The monoisotopic (exact) mass is 426 g/mol. The van der Waals surface area contributed by atoms with Crippen molar-refractivity contribution < 1.29 is 18.8 Å². The molecule has 0 saturated heterocycles. The summed E-state index contributed by atoms with van der Waals surface area (Å²) in [6, 6.07) is 10.4. The Hall–Kier alpha value is -3.33. The number of hydrogen-bond donors (Lipinski definition) is 1. The van der Waals surface area contributed by atoms with E-state index in [2.05, 4.69) is 15.5 Å². The molecule has 0 aliphatic heterocycles. The van der Waals surface area contributed by atoms with Crippen molar-refractivity contribution in [1.82, 2.24) is 10.1 Å². The van der Waals surface area contributed by atoms with Crippen LogP contribution in [-0.4, -0.2) is 36.3 Å². The molecule has 9 heteroatoms. The lowest BCUT2D eigenvalue weighted by atomic mass is 10.2. The lowest BCUT2D eigenvalue weighted by molar-refractivity contribution is 0.102. The Morgan fingerprint density at radius 3 is 2.57 bits per heavy atom. The van der Waals surface area contributed by atoms with Crippen molar-refractivity contribution in [3.63, 3.8) is 0 Å². The quantitative estimate of drug-likeness (QED) is 0.582. The fourth-order valence-electron chi connectivity index (χ4n) is 2.74. The first-order valence-corrected chi connectivity index (χ1v) is 10.1. The topological polar surface area (TPSA) is 97.6 Å². The van der Waals surface area contributed by atoms with Crippen LogP contribution >= 0.6 is 11.8 Å². The van der Waals surface area contributed by atoms with Gasteiger partial charge in [0.05, 0.1) is 18.4 Å². The van der Waals surface area contributed by atoms with Gasteiger partial charge in [0.15, 0.2) is 0 Å². The van der Waals surface area contributed by atoms with Gasteiger partial charge in [0.1, 0.15) is 10.8 Å². The van der Waals surface area contributed by atoms with E-state index < -0.39 is 6.09 Å². The number of thioether (sulfide) groups is 1. The van der Waals surface area contributed by atoms with Crippen LogP contribution in [0.5, 0.6) is 0 Å². The molecule has 156 valence electrons. The van der Waals surface area contributed by atoms with Crippen molar-refractivity contribution in [1.29, 1.82) is 0 Å². The predicted molar refractivity (Wildman–Crippen MR) is 115 cm³/mol. The Bertz CT molecular complexity index is 1030. The van der Waals surface area contributed by atoms with Gasteiger partial charge in [-0.15, -0.1) is 11.8 Å². The fourth-order valence-corrected chi connectivity index (χ4v) is 3.88. The molecule has 0 radical (unpaired) electrons. The number of benzene rings is 1. The molecule has 0 unspecified atom stereocenters. The number of nitrogens with zero attached hydrogens (tertiary/aromatic N) is 3. The fraction of sp³-hybridized carbons (Fsp3) is 0.238. The third-order valence-electron chi connectivity index (χ3n) is 4.51. The minimum Gasteiger partial charge on any atom is -0.452 e. The van der Waals surface area contributed by atoms with Crippen LogP contribution in [0.1, 0.15) is 27.4 Å². The number of methoxy groups -OCH3 is 1. The highest BCUT2D eigenvalue weighted by Crippen LogP contribution is 2.28. The number of hydrogen-bond acceptors (Lipinski definition) is 7. The number of nitrogens with one attached hydrogen (secondary N) is 1. The van der Waals surface area contributed by atoms with Crippen LogP contribution in [0.3, 0.4) is 0 Å². The van der Waals surface area contributed by atoms with Gasteiger partial charge < -0.3 is 14.6 Å². The lowest BCUT2D eigenvalue weighted by Gasteiger charge is -2.16. The van der Waals surface area contributed by atoms with Gasteiger partial charge in [-0.1, -0.05) is 5.16 Å². The zero-order valence-corrected chi connectivity index (χ0v) is 17.9. The molecule has 3 aromatic rings. The van der Waals surface area contributed by atoms with E-state index in [0.717, 1.165) is 17.0 Å². The summed E-state index contributed by atoms with van der Waals surface area (Å²) >= 11 is 1.45. The Balaban J connectivity index is 1.71. The van der Waals surface area contributed by atoms with Crippen LogP contribution in [0.2, 0.25) is 0 Å². The maximum atomic E-state index is 12.8. The molecule has 2 amide bonds. The third kappa shape index (κ3) is 4.80. The average Bonchev–Trinajstić information content (AvgIpc) is 3.09. The second-order valence-electron chi connectivity index (χ2n) is 6.48. The van der Waals surface area contributed by atoms with Gasteiger partial charge in [0.25, 0.3) is 5.91 Å². The number of amides is 2. The molecule has 0 bridgehead atoms. The van der Waals surface area contributed by atoms with Gasteiger partial charge in [0, 0.05) is 35.9 Å². The van der Waals surface area contributed by atoms with Crippen LogP contribution in [0.25, 0.3) is 0 Å². The molecule has 30 heavy (non-hydrogen) atoms. The van der Waals surface area contributed by atoms with E-state index in [4.69, 9.17) is 9.26 Å². The maximum absolute atomic E-state index is 12.8. The summed E-state index contributed by atoms with van der Waals surface area (Å²) in [6.07, 6.45) is 1.19. The van der Waals surface area contributed by atoms with E-state index in [9.17, 15) is 9.59 Å². The molecule has 2 heterocycles. The molecule has 0 aliphatic carbocycles. The molecule has 1 N–H and O–H groups in total.